The van der Waals surface area contributed by atoms with Crippen LogP contribution in [0.5, 0.6) is 0 Å². The van der Waals surface area contributed by atoms with Crippen molar-refractivity contribution >= 4 is 5.69 Å². The Balaban J connectivity index is 2.51. The zero-order valence-electron chi connectivity index (χ0n) is 6.34. The fourth-order valence-corrected chi connectivity index (χ4v) is 1.42. The number of fused-ring (bicyclic) bond motifs is 1. The van der Waals surface area contributed by atoms with Gasteiger partial charge in [0, 0.05) is 12.2 Å². The van der Waals surface area contributed by atoms with Gasteiger partial charge in [0.1, 0.15) is 5.82 Å². The van der Waals surface area contributed by atoms with E-state index in [9.17, 15) is 4.39 Å². The van der Waals surface area contributed by atoms with E-state index in [4.69, 9.17) is 5.26 Å². The number of nitrogens with zero attached hydrogens (tertiary/aromatic N) is 1. The van der Waals surface area contributed by atoms with Crippen LogP contribution in [0.2, 0.25) is 0 Å². The van der Waals surface area contributed by atoms with E-state index in [0.717, 1.165) is 11.3 Å². The molecule has 12 heavy (non-hydrogen) atoms. The van der Waals surface area contributed by atoms with Gasteiger partial charge < -0.3 is 5.32 Å². The van der Waals surface area contributed by atoms with Gasteiger partial charge >= 0.3 is 0 Å². The molecule has 2 rings (SSSR count). The van der Waals surface area contributed by atoms with E-state index in [2.05, 4.69) is 11.4 Å². The number of halogens is 1. The SMILES string of the molecule is N#CC1CNc2ccc(F)cc21. The predicted molar refractivity (Wildman–Crippen MR) is 43.2 cm³/mol. The zero-order valence-corrected chi connectivity index (χ0v) is 6.34. The van der Waals surface area contributed by atoms with Crippen molar-refractivity contribution in [3.8, 4) is 6.07 Å². The van der Waals surface area contributed by atoms with E-state index in [-0.39, 0.29) is 11.7 Å². The molecule has 1 aromatic carbocycles. The van der Waals surface area contributed by atoms with Crippen LogP contribution < -0.4 is 5.32 Å². The van der Waals surface area contributed by atoms with Crippen LogP contribution in [0.4, 0.5) is 10.1 Å². The highest BCUT2D eigenvalue weighted by atomic mass is 19.1. The summed E-state index contributed by atoms with van der Waals surface area (Å²) >= 11 is 0. The third-order valence-electron chi connectivity index (χ3n) is 2.04. The van der Waals surface area contributed by atoms with Gasteiger partial charge in [-0.1, -0.05) is 0 Å². The monoisotopic (exact) mass is 162 g/mol. The first kappa shape index (κ1) is 7.11. The number of nitrogens with one attached hydrogen (secondary N) is 1. The first-order valence-electron chi connectivity index (χ1n) is 3.74. The van der Waals surface area contributed by atoms with Crippen LogP contribution in [0.25, 0.3) is 0 Å². The third-order valence-corrected chi connectivity index (χ3v) is 2.04. The maximum absolute atomic E-state index is 12.7. The molecule has 1 aliphatic heterocycles. The summed E-state index contributed by atoms with van der Waals surface area (Å²) in [6, 6.07) is 6.60. The molecule has 1 aliphatic rings. The molecule has 2 nitrogen and oxygen atoms in total. The fraction of sp³-hybridized carbons (Fsp3) is 0.222. The maximum Gasteiger partial charge on any atom is 0.123 e. The van der Waals surface area contributed by atoms with Gasteiger partial charge in [0.05, 0.1) is 12.0 Å². The lowest BCUT2D eigenvalue weighted by atomic mass is 10.0. The zero-order chi connectivity index (χ0) is 8.55. The Hall–Kier alpha value is -1.56. The van der Waals surface area contributed by atoms with Crippen molar-refractivity contribution in [2.75, 3.05) is 11.9 Å². The van der Waals surface area contributed by atoms with E-state index in [1.165, 1.54) is 12.1 Å². The standard InChI is InChI=1S/C9H7FN2/c10-7-1-2-9-8(3-7)6(4-11)5-12-9/h1-3,6,12H,5H2. The van der Waals surface area contributed by atoms with Crippen LogP contribution in [-0.4, -0.2) is 6.54 Å². The Morgan fingerprint density at radius 3 is 3.17 bits per heavy atom. The summed E-state index contributed by atoms with van der Waals surface area (Å²) < 4.78 is 12.7. The second-order valence-corrected chi connectivity index (χ2v) is 2.79. The molecule has 0 bridgehead atoms. The van der Waals surface area contributed by atoms with Crippen molar-refractivity contribution in [1.82, 2.24) is 0 Å². The summed E-state index contributed by atoms with van der Waals surface area (Å²) in [7, 11) is 0. The molecule has 0 saturated carbocycles. The molecule has 0 amide bonds. The van der Waals surface area contributed by atoms with E-state index < -0.39 is 0 Å². The lowest BCUT2D eigenvalue weighted by molar-refractivity contribution is 0.626. The van der Waals surface area contributed by atoms with Gasteiger partial charge in [-0.25, -0.2) is 4.39 Å². The van der Waals surface area contributed by atoms with Crippen molar-refractivity contribution in [2.45, 2.75) is 5.92 Å². The Labute approximate surface area is 69.6 Å². The number of anilines is 1. The normalized spacial score (nSPS) is 19.5. The number of benzene rings is 1. The number of nitriles is 1. The van der Waals surface area contributed by atoms with Crippen LogP contribution >= 0.6 is 0 Å². The third kappa shape index (κ3) is 0.928. The van der Waals surface area contributed by atoms with Gasteiger partial charge in [-0.15, -0.1) is 0 Å². The van der Waals surface area contributed by atoms with Crippen LogP contribution in [0, 0.1) is 17.1 Å². The number of rotatable bonds is 0. The summed E-state index contributed by atoms with van der Waals surface area (Å²) in [4.78, 5) is 0. The van der Waals surface area contributed by atoms with E-state index in [0.29, 0.717) is 6.54 Å². The van der Waals surface area contributed by atoms with Crippen molar-refractivity contribution < 1.29 is 4.39 Å². The lowest BCUT2D eigenvalue weighted by Crippen LogP contribution is -1.97. The van der Waals surface area contributed by atoms with Gasteiger partial charge in [0.15, 0.2) is 0 Å². The smallest absolute Gasteiger partial charge is 0.123 e. The molecule has 0 aromatic heterocycles. The molecular formula is C9H7FN2. The largest absolute Gasteiger partial charge is 0.383 e. The van der Waals surface area contributed by atoms with Gasteiger partial charge in [-0.3, -0.25) is 0 Å². The molecule has 0 saturated heterocycles. The van der Waals surface area contributed by atoms with Crippen LogP contribution in [0.15, 0.2) is 18.2 Å². The summed E-state index contributed by atoms with van der Waals surface area (Å²) in [6.45, 7) is 0.593. The average Bonchev–Trinajstić information content (AvgIpc) is 2.46. The lowest BCUT2D eigenvalue weighted by Gasteiger charge is -1.98. The van der Waals surface area contributed by atoms with E-state index >= 15 is 0 Å². The summed E-state index contributed by atoms with van der Waals surface area (Å²) in [5.74, 6) is -0.478. The van der Waals surface area contributed by atoms with Crippen LogP contribution in [0.1, 0.15) is 11.5 Å². The Bertz CT molecular complexity index is 354. The average molecular weight is 162 g/mol. The molecule has 60 valence electrons. The Kier molecular flexibility index (Phi) is 1.47. The number of hydrogen-bond donors (Lipinski definition) is 1. The predicted octanol–water partition coefficient (Wildman–Crippen LogP) is 1.86. The molecular weight excluding hydrogens is 155 g/mol. The minimum absolute atomic E-state index is 0.198. The maximum atomic E-state index is 12.7. The molecule has 0 aliphatic carbocycles. The van der Waals surface area contributed by atoms with Crippen molar-refractivity contribution in [2.24, 2.45) is 0 Å². The summed E-state index contributed by atoms with van der Waals surface area (Å²) in [6.07, 6.45) is 0. The molecule has 0 spiro atoms. The van der Waals surface area contributed by atoms with Gasteiger partial charge in [0.2, 0.25) is 0 Å². The molecule has 1 aromatic rings. The molecule has 3 heteroatoms. The van der Waals surface area contributed by atoms with Gasteiger partial charge in [-0.2, -0.15) is 5.26 Å². The molecule has 1 atom stereocenters. The van der Waals surface area contributed by atoms with Gasteiger partial charge in [0.25, 0.3) is 0 Å². The molecule has 1 unspecified atom stereocenters. The Morgan fingerprint density at radius 1 is 1.58 bits per heavy atom. The fourth-order valence-electron chi connectivity index (χ4n) is 1.42. The van der Waals surface area contributed by atoms with Crippen molar-refractivity contribution in [1.29, 1.82) is 5.26 Å². The molecule has 1 N–H and O–H groups in total. The number of hydrogen-bond acceptors (Lipinski definition) is 2. The second-order valence-electron chi connectivity index (χ2n) is 2.79. The second kappa shape index (κ2) is 2.49. The van der Waals surface area contributed by atoms with Crippen molar-refractivity contribution in [3.63, 3.8) is 0 Å². The highest BCUT2D eigenvalue weighted by Gasteiger charge is 2.21. The molecule has 0 fully saturated rings. The quantitative estimate of drug-likeness (QED) is 0.632. The molecule has 0 radical (unpaired) electrons. The first-order valence-corrected chi connectivity index (χ1v) is 3.74. The minimum Gasteiger partial charge on any atom is -0.383 e. The van der Waals surface area contributed by atoms with Crippen molar-refractivity contribution in [3.05, 3.63) is 29.6 Å². The van der Waals surface area contributed by atoms with Gasteiger partial charge in [-0.05, 0) is 23.8 Å². The van der Waals surface area contributed by atoms with Crippen LogP contribution in [0.3, 0.4) is 0 Å². The highest BCUT2D eigenvalue weighted by molar-refractivity contribution is 5.59. The highest BCUT2D eigenvalue weighted by Crippen LogP contribution is 2.30. The Morgan fingerprint density at radius 2 is 2.42 bits per heavy atom. The first-order chi connectivity index (χ1) is 5.81. The summed E-state index contributed by atoms with van der Waals surface area (Å²) in [5, 5.41) is 11.7. The van der Waals surface area contributed by atoms with Crippen LogP contribution in [-0.2, 0) is 0 Å². The minimum atomic E-state index is -0.280. The topological polar surface area (TPSA) is 35.8 Å². The van der Waals surface area contributed by atoms with E-state index in [1.54, 1.807) is 6.07 Å². The summed E-state index contributed by atoms with van der Waals surface area (Å²) in [5.41, 5.74) is 1.65. The van der Waals surface area contributed by atoms with E-state index in [1.807, 2.05) is 0 Å². The molecule has 1 heterocycles.